The average molecular weight is 275 g/mol. The van der Waals surface area contributed by atoms with Crippen LogP contribution in [0.1, 0.15) is 43.0 Å². The number of methoxy groups -OCH3 is 1. The zero-order valence-corrected chi connectivity index (χ0v) is 12.1. The van der Waals surface area contributed by atoms with Gasteiger partial charge in [-0.2, -0.15) is 0 Å². The lowest BCUT2D eigenvalue weighted by atomic mass is 9.87. The minimum absolute atomic E-state index is 0.0912. The van der Waals surface area contributed by atoms with Crippen molar-refractivity contribution in [3.8, 4) is 0 Å². The molecule has 1 unspecified atom stereocenters. The van der Waals surface area contributed by atoms with Gasteiger partial charge in [0.25, 0.3) is 0 Å². The highest BCUT2D eigenvalue weighted by molar-refractivity contribution is 5.68. The zero-order chi connectivity index (χ0) is 14.5. The first-order valence-electron chi connectivity index (χ1n) is 7.15. The van der Waals surface area contributed by atoms with Crippen molar-refractivity contribution in [3.05, 3.63) is 39.0 Å². The number of ether oxygens (including phenoxy) is 1. The maximum Gasteiger partial charge on any atom is 0.248 e. The number of fused-ring (bicyclic) bond motifs is 1. The molecule has 1 aliphatic rings. The molecule has 0 saturated heterocycles. The number of aryl methyl sites for hydroxylation is 1. The molecule has 108 valence electrons. The van der Waals surface area contributed by atoms with Crippen molar-refractivity contribution < 1.29 is 9.53 Å². The number of allylic oxidation sites excluding steroid dienone is 1. The largest absolute Gasteiger partial charge is 0.500 e. The summed E-state index contributed by atoms with van der Waals surface area (Å²) in [5, 5.41) is 0. The first-order chi connectivity index (χ1) is 9.69. The van der Waals surface area contributed by atoms with Gasteiger partial charge in [0.05, 0.1) is 13.0 Å². The fourth-order valence-electron chi connectivity index (χ4n) is 2.71. The Bertz CT molecular complexity index is 572. The molecule has 1 aromatic heterocycles. The molecular formula is C16H21NO3. The lowest BCUT2D eigenvalue weighted by molar-refractivity contribution is -0.111. The van der Waals surface area contributed by atoms with Crippen molar-refractivity contribution >= 4 is 12.4 Å². The van der Waals surface area contributed by atoms with Gasteiger partial charge in [-0.3, -0.25) is 4.79 Å². The third-order valence-electron chi connectivity index (χ3n) is 3.80. The maximum absolute atomic E-state index is 11.7. The fraction of sp³-hybridized carbons (Fsp3) is 0.500. The third kappa shape index (κ3) is 3.00. The van der Waals surface area contributed by atoms with Gasteiger partial charge in [0.15, 0.2) is 0 Å². The Hall–Kier alpha value is -1.84. The number of aldehydes is 1. The van der Waals surface area contributed by atoms with E-state index in [4.69, 9.17) is 4.74 Å². The van der Waals surface area contributed by atoms with Gasteiger partial charge in [-0.05, 0) is 30.4 Å². The van der Waals surface area contributed by atoms with Crippen LogP contribution in [0.5, 0.6) is 0 Å². The van der Waals surface area contributed by atoms with Gasteiger partial charge in [0, 0.05) is 17.8 Å². The van der Waals surface area contributed by atoms with Gasteiger partial charge in [-0.1, -0.05) is 19.8 Å². The Morgan fingerprint density at radius 3 is 2.90 bits per heavy atom. The molecule has 1 aliphatic carbocycles. The molecule has 0 saturated carbocycles. The summed E-state index contributed by atoms with van der Waals surface area (Å²) in [5.74, 6) is 0.372. The van der Waals surface area contributed by atoms with Crippen molar-refractivity contribution in [1.29, 1.82) is 0 Å². The van der Waals surface area contributed by atoms with Gasteiger partial charge in [-0.25, -0.2) is 0 Å². The number of pyridine rings is 1. The van der Waals surface area contributed by atoms with Crippen LogP contribution in [-0.4, -0.2) is 18.4 Å². The monoisotopic (exact) mass is 275 g/mol. The van der Waals surface area contributed by atoms with E-state index in [0.29, 0.717) is 12.2 Å². The Kier molecular flexibility index (Phi) is 4.77. The number of hydrogen-bond donors (Lipinski definition) is 1. The van der Waals surface area contributed by atoms with Crippen molar-refractivity contribution in [2.75, 3.05) is 7.11 Å². The van der Waals surface area contributed by atoms with Gasteiger partial charge < -0.3 is 14.5 Å². The highest BCUT2D eigenvalue weighted by Crippen LogP contribution is 2.28. The number of H-pyrrole nitrogens is 1. The number of rotatable bonds is 6. The van der Waals surface area contributed by atoms with E-state index in [1.54, 1.807) is 19.3 Å². The Morgan fingerprint density at radius 2 is 2.25 bits per heavy atom. The second kappa shape index (κ2) is 6.55. The highest BCUT2D eigenvalue weighted by atomic mass is 16.5. The van der Waals surface area contributed by atoms with E-state index in [9.17, 15) is 9.59 Å². The standard InChI is InChI=1S/C16H21NO3/c1-3-4-5-6-11-8-16(19)17-14-9-15(20-2)12(10-18)7-13(11)14/h8-10,12H,3-7H2,1-2H3,(H,17,19). The number of aromatic nitrogens is 1. The number of carbonyl (C=O) groups excluding carboxylic acids is 1. The van der Waals surface area contributed by atoms with Crippen LogP contribution in [0, 0.1) is 5.92 Å². The zero-order valence-electron chi connectivity index (χ0n) is 12.1. The molecule has 1 atom stereocenters. The Morgan fingerprint density at radius 1 is 1.45 bits per heavy atom. The summed E-state index contributed by atoms with van der Waals surface area (Å²) in [6.45, 7) is 2.16. The van der Waals surface area contributed by atoms with Crippen molar-refractivity contribution in [1.82, 2.24) is 4.98 Å². The molecule has 0 spiro atoms. The Balaban J connectivity index is 2.38. The number of aromatic amines is 1. The van der Waals surface area contributed by atoms with E-state index >= 15 is 0 Å². The van der Waals surface area contributed by atoms with Crippen LogP contribution in [-0.2, 0) is 22.4 Å². The smallest absolute Gasteiger partial charge is 0.248 e. The predicted octanol–water partition coefficient (Wildman–Crippen LogP) is 2.47. The van der Waals surface area contributed by atoms with E-state index < -0.39 is 0 Å². The summed E-state index contributed by atoms with van der Waals surface area (Å²) >= 11 is 0. The lowest BCUT2D eigenvalue weighted by Crippen LogP contribution is -2.21. The number of carbonyl (C=O) groups is 1. The molecule has 4 nitrogen and oxygen atoms in total. The molecule has 2 rings (SSSR count). The molecule has 1 aromatic rings. The van der Waals surface area contributed by atoms with E-state index in [1.165, 1.54) is 0 Å². The summed E-state index contributed by atoms with van der Waals surface area (Å²) in [6.07, 6.45) is 7.56. The average Bonchev–Trinajstić information content (AvgIpc) is 2.45. The lowest BCUT2D eigenvalue weighted by Gasteiger charge is -2.22. The van der Waals surface area contributed by atoms with Gasteiger partial charge in [-0.15, -0.1) is 0 Å². The predicted molar refractivity (Wildman–Crippen MR) is 78.5 cm³/mol. The summed E-state index contributed by atoms with van der Waals surface area (Å²) in [6, 6.07) is 1.67. The Labute approximate surface area is 118 Å². The summed E-state index contributed by atoms with van der Waals surface area (Å²) in [7, 11) is 1.55. The summed E-state index contributed by atoms with van der Waals surface area (Å²) in [4.78, 5) is 25.8. The van der Waals surface area contributed by atoms with E-state index in [1.807, 2.05) is 0 Å². The molecule has 0 aromatic carbocycles. The van der Waals surface area contributed by atoms with Crippen molar-refractivity contribution in [2.45, 2.75) is 39.0 Å². The van der Waals surface area contributed by atoms with Crippen molar-refractivity contribution in [3.63, 3.8) is 0 Å². The molecule has 1 N–H and O–H groups in total. The normalized spacial score (nSPS) is 17.3. The fourth-order valence-corrected chi connectivity index (χ4v) is 2.71. The molecule has 0 fully saturated rings. The van der Waals surface area contributed by atoms with Crippen LogP contribution in [0.3, 0.4) is 0 Å². The van der Waals surface area contributed by atoms with Crippen LogP contribution in [0.25, 0.3) is 6.08 Å². The number of nitrogens with one attached hydrogen (secondary N) is 1. The van der Waals surface area contributed by atoms with Gasteiger partial charge in [0.2, 0.25) is 5.56 Å². The number of hydrogen-bond acceptors (Lipinski definition) is 3. The molecule has 0 radical (unpaired) electrons. The van der Waals surface area contributed by atoms with Crippen LogP contribution >= 0.6 is 0 Å². The molecule has 0 amide bonds. The number of unbranched alkanes of at least 4 members (excludes halogenated alkanes) is 2. The van der Waals surface area contributed by atoms with Gasteiger partial charge in [0.1, 0.15) is 12.0 Å². The van der Waals surface area contributed by atoms with E-state index in [-0.39, 0.29) is 11.5 Å². The maximum atomic E-state index is 11.7. The minimum Gasteiger partial charge on any atom is -0.500 e. The molecule has 0 aliphatic heterocycles. The van der Waals surface area contributed by atoms with Crippen LogP contribution in [0.4, 0.5) is 0 Å². The molecule has 0 bridgehead atoms. The van der Waals surface area contributed by atoms with Gasteiger partial charge >= 0.3 is 0 Å². The molecule has 4 heteroatoms. The minimum atomic E-state index is -0.247. The topological polar surface area (TPSA) is 59.2 Å². The molecule has 20 heavy (non-hydrogen) atoms. The second-order valence-corrected chi connectivity index (χ2v) is 5.21. The first kappa shape index (κ1) is 14.6. The van der Waals surface area contributed by atoms with Crippen LogP contribution in [0.15, 0.2) is 16.6 Å². The summed E-state index contributed by atoms with van der Waals surface area (Å²) < 4.78 is 5.24. The summed E-state index contributed by atoms with van der Waals surface area (Å²) in [5.41, 5.74) is 2.85. The van der Waals surface area contributed by atoms with E-state index in [2.05, 4.69) is 11.9 Å². The van der Waals surface area contributed by atoms with Crippen molar-refractivity contribution in [2.24, 2.45) is 5.92 Å². The first-order valence-corrected chi connectivity index (χ1v) is 7.15. The van der Waals surface area contributed by atoms with E-state index in [0.717, 1.165) is 48.8 Å². The third-order valence-corrected chi connectivity index (χ3v) is 3.80. The quantitative estimate of drug-likeness (QED) is 0.641. The molecule has 1 heterocycles. The second-order valence-electron chi connectivity index (χ2n) is 5.21. The molecular weight excluding hydrogens is 254 g/mol. The van der Waals surface area contributed by atoms with Crippen LogP contribution < -0.4 is 5.56 Å². The highest BCUT2D eigenvalue weighted by Gasteiger charge is 2.24. The SMILES string of the molecule is CCCCCc1cc(=O)[nH]c2c1CC(C=O)C(OC)=C2. The van der Waals surface area contributed by atoms with Crippen LogP contribution in [0.2, 0.25) is 0 Å².